The fraction of sp³-hybridized carbons (Fsp3) is 0.290. The Morgan fingerprint density at radius 3 is 2.49 bits per heavy atom. The van der Waals surface area contributed by atoms with Gasteiger partial charge >= 0.3 is 0 Å². The van der Waals surface area contributed by atoms with Gasteiger partial charge in [0.15, 0.2) is 9.84 Å². The Labute approximate surface area is 271 Å². The third-order valence-corrected chi connectivity index (χ3v) is 10.8. The molecule has 12 heteroatoms. The summed E-state index contributed by atoms with van der Waals surface area (Å²) in [5.41, 5.74) is 2.31. The van der Waals surface area contributed by atoms with E-state index in [0.717, 1.165) is 49.5 Å². The Bertz CT molecular complexity index is 1630. The largest absolute Gasteiger partial charge is 0.492 e. The summed E-state index contributed by atoms with van der Waals surface area (Å²) < 4.78 is 37.4. The SMILES string of the molecule is O=C1/C(=C/c2ccc(OCCN3CCOCC3)c(-c3ccc(Cl)cc3Cl)c2)SC(=S)N1CCCS(=O)(=O)c1ccccc1. The summed E-state index contributed by atoms with van der Waals surface area (Å²) in [7, 11) is -3.45. The van der Waals surface area contributed by atoms with Gasteiger partial charge in [-0.3, -0.25) is 14.6 Å². The van der Waals surface area contributed by atoms with Gasteiger partial charge in [0, 0.05) is 42.3 Å². The molecule has 0 saturated carbocycles. The van der Waals surface area contributed by atoms with Gasteiger partial charge in [-0.2, -0.15) is 0 Å². The van der Waals surface area contributed by atoms with Crippen LogP contribution >= 0.6 is 47.2 Å². The minimum absolute atomic E-state index is 0.0780. The smallest absolute Gasteiger partial charge is 0.266 e. The van der Waals surface area contributed by atoms with Crippen LogP contribution in [-0.4, -0.2) is 80.2 Å². The average Bonchev–Trinajstić information content (AvgIpc) is 3.26. The van der Waals surface area contributed by atoms with Gasteiger partial charge in [0.2, 0.25) is 0 Å². The third kappa shape index (κ3) is 8.19. The van der Waals surface area contributed by atoms with Gasteiger partial charge in [0.25, 0.3) is 5.91 Å². The molecule has 0 bridgehead atoms. The fourth-order valence-electron chi connectivity index (χ4n) is 4.79. The van der Waals surface area contributed by atoms with Crippen molar-refractivity contribution in [3.8, 4) is 16.9 Å². The molecule has 0 aliphatic carbocycles. The molecule has 0 aromatic heterocycles. The Balaban J connectivity index is 1.31. The fourth-order valence-corrected chi connectivity index (χ4v) is 7.93. The molecule has 43 heavy (non-hydrogen) atoms. The lowest BCUT2D eigenvalue weighted by atomic mass is 10.0. The molecule has 226 valence electrons. The maximum atomic E-state index is 13.3. The number of halogens is 2. The maximum absolute atomic E-state index is 13.3. The number of ether oxygens (including phenoxy) is 2. The Morgan fingerprint density at radius 2 is 1.74 bits per heavy atom. The number of rotatable bonds is 11. The zero-order valence-electron chi connectivity index (χ0n) is 23.2. The number of nitrogens with zero attached hydrogens (tertiary/aromatic N) is 2. The van der Waals surface area contributed by atoms with Gasteiger partial charge in [-0.05, 0) is 54.5 Å². The van der Waals surface area contributed by atoms with Crippen molar-refractivity contribution in [3.05, 3.63) is 87.2 Å². The minimum Gasteiger partial charge on any atom is -0.492 e. The Kier molecular flexibility index (Phi) is 10.8. The lowest BCUT2D eigenvalue weighted by Gasteiger charge is -2.26. The van der Waals surface area contributed by atoms with E-state index in [9.17, 15) is 13.2 Å². The first-order valence-corrected chi connectivity index (χ1v) is 17.4. The number of sulfone groups is 1. The second kappa shape index (κ2) is 14.6. The zero-order chi connectivity index (χ0) is 30.4. The molecular weight excluding hydrogens is 647 g/mol. The number of thiocarbonyl (C=S) groups is 1. The number of morpholine rings is 1. The quantitative estimate of drug-likeness (QED) is 0.170. The van der Waals surface area contributed by atoms with Gasteiger partial charge in [-0.25, -0.2) is 8.42 Å². The molecule has 2 saturated heterocycles. The highest BCUT2D eigenvalue weighted by Crippen LogP contribution is 2.39. The first-order chi connectivity index (χ1) is 20.7. The third-order valence-electron chi connectivity index (χ3n) is 7.06. The van der Waals surface area contributed by atoms with Crippen LogP contribution in [0.5, 0.6) is 5.75 Å². The summed E-state index contributed by atoms with van der Waals surface area (Å²) in [6.45, 7) is 4.68. The van der Waals surface area contributed by atoms with E-state index in [0.29, 0.717) is 31.6 Å². The molecular formula is C31H30Cl2N2O5S3. The van der Waals surface area contributed by atoms with Crippen molar-refractivity contribution in [3.63, 3.8) is 0 Å². The highest BCUT2D eigenvalue weighted by Gasteiger charge is 2.32. The molecule has 2 fully saturated rings. The predicted molar refractivity (Wildman–Crippen MR) is 178 cm³/mol. The van der Waals surface area contributed by atoms with Crippen molar-refractivity contribution in [1.82, 2.24) is 9.80 Å². The van der Waals surface area contributed by atoms with Gasteiger partial charge in [-0.15, -0.1) is 0 Å². The van der Waals surface area contributed by atoms with Crippen LogP contribution in [0.3, 0.4) is 0 Å². The molecule has 7 nitrogen and oxygen atoms in total. The number of amides is 1. The van der Waals surface area contributed by atoms with E-state index in [1.54, 1.807) is 48.5 Å². The van der Waals surface area contributed by atoms with E-state index in [4.69, 9.17) is 44.9 Å². The average molecular weight is 678 g/mol. The summed E-state index contributed by atoms with van der Waals surface area (Å²) in [5, 5.41) is 1.01. The van der Waals surface area contributed by atoms with Gasteiger partial charge in [0.05, 0.1) is 33.8 Å². The maximum Gasteiger partial charge on any atom is 0.266 e. The van der Waals surface area contributed by atoms with Gasteiger partial charge < -0.3 is 9.47 Å². The summed E-state index contributed by atoms with van der Waals surface area (Å²) >= 11 is 19.4. The number of carbonyl (C=O) groups excluding carboxylic acids is 1. The summed E-state index contributed by atoms with van der Waals surface area (Å²) in [5.74, 6) is 0.344. The number of hydrogen-bond donors (Lipinski definition) is 0. The molecule has 0 radical (unpaired) electrons. The van der Waals surface area contributed by atoms with Crippen molar-refractivity contribution >= 4 is 73.3 Å². The van der Waals surface area contributed by atoms with E-state index in [1.807, 2.05) is 24.3 Å². The highest BCUT2D eigenvalue weighted by molar-refractivity contribution is 8.26. The first-order valence-electron chi connectivity index (χ1n) is 13.8. The second-order valence-electron chi connectivity index (χ2n) is 10.0. The van der Waals surface area contributed by atoms with E-state index >= 15 is 0 Å². The lowest BCUT2D eigenvalue weighted by Crippen LogP contribution is -2.38. The van der Waals surface area contributed by atoms with Crippen LogP contribution in [0.25, 0.3) is 17.2 Å². The highest BCUT2D eigenvalue weighted by atomic mass is 35.5. The van der Waals surface area contributed by atoms with Crippen LogP contribution in [0.15, 0.2) is 76.5 Å². The van der Waals surface area contributed by atoms with E-state index < -0.39 is 9.84 Å². The minimum atomic E-state index is -3.45. The predicted octanol–water partition coefficient (Wildman–Crippen LogP) is 6.44. The number of carbonyl (C=O) groups is 1. The van der Waals surface area contributed by atoms with Crippen LogP contribution < -0.4 is 4.74 Å². The van der Waals surface area contributed by atoms with Crippen LogP contribution in [-0.2, 0) is 19.4 Å². The van der Waals surface area contributed by atoms with Crippen molar-refractivity contribution in [1.29, 1.82) is 0 Å². The standard InChI is InChI=1S/C31H30Cl2N2O5S3/c32-23-8-9-25(27(33)21-23)26-19-22(7-10-28(26)40-17-14-34-12-15-39-16-13-34)20-29-30(36)35(31(41)42-29)11-4-18-43(37,38)24-5-2-1-3-6-24/h1-3,5-10,19-21H,4,11-18H2/b29-20-. The van der Waals surface area contributed by atoms with Crippen molar-refractivity contribution < 1.29 is 22.7 Å². The van der Waals surface area contributed by atoms with E-state index in [2.05, 4.69) is 4.90 Å². The van der Waals surface area contributed by atoms with Gasteiger partial charge in [0.1, 0.15) is 16.7 Å². The normalized spacial score (nSPS) is 17.2. The van der Waals surface area contributed by atoms with Crippen molar-refractivity contribution in [2.75, 3.05) is 51.8 Å². The topological polar surface area (TPSA) is 76.2 Å². The molecule has 3 aromatic carbocycles. The lowest BCUT2D eigenvalue weighted by molar-refractivity contribution is -0.122. The molecule has 1 amide bonds. The van der Waals surface area contributed by atoms with E-state index in [-0.39, 0.29) is 29.5 Å². The van der Waals surface area contributed by atoms with E-state index in [1.165, 1.54) is 16.7 Å². The van der Waals surface area contributed by atoms with Crippen molar-refractivity contribution in [2.45, 2.75) is 11.3 Å². The van der Waals surface area contributed by atoms with Crippen LogP contribution in [0.4, 0.5) is 0 Å². The Hall–Kier alpha value is -2.44. The second-order valence-corrected chi connectivity index (χ2v) is 14.6. The molecule has 2 aliphatic rings. The number of hydrogen-bond acceptors (Lipinski definition) is 8. The molecule has 0 unspecified atom stereocenters. The number of benzene rings is 3. The first kappa shape index (κ1) is 32.0. The van der Waals surface area contributed by atoms with Crippen LogP contribution in [0.2, 0.25) is 10.0 Å². The molecule has 0 atom stereocenters. The summed E-state index contributed by atoms with van der Waals surface area (Å²) in [6.07, 6.45) is 2.05. The summed E-state index contributed by atoms with van der Waals surface area (Å²) in [4.78, 5) is 17.8. The summed E-state index contributed by atoms with van der Waals surface area (Å²) in [6, 6.07) is 19.3. The monoisotopic (exact) mass is 676 g/mol. The van der Waals surface area contributed by atoms with Crippen LogP contribution in [0, 0.1) is 0 Å². The molecule has 5 rings (SSSR count). The zero-order valence-corrected chi connectivity index (χ0v) is 27.2. The van der Waals surface area contributed by atoms with Gasteiger partial charge in [-0.1, -0.05) is 77.5 Å². The molecule has 2 aliphatic heterocycles. The Morgan fingerprint density at radius 1 is 0.977 bits per heavy atom. The van der Waals surface area contributed by atoms with Crippen molar-refractivity contribution in [2.24, 2.45) is 0 Å². The number of thioether (sulfide) groups is 1. The molecule has 0 spiro atoms. The van der Waals surface area contributed by atoms with Crippen LogP contribution in [0.1, 0.15) is 12.0 Å². The molecule has 3 aromatic rings. The molecule has 0 N–H and O–H groups in total. The molecule has 2 heterocycles.